The minimum Gasteiger partial charge on any atom is -0.497 e. The van der Waals surface area contributed by atoms with Crippen molar-refractivity contribution in [3.05, 3.63) is 29.8 Å². The number of methoxy groups -OCH3 is 1. The van der Waals surface area contributed by atoms with E-state index < -0.39 is 0 Å². The zero-order valence-electron chi connectivity index (χ0n) is 12.6. The monoisotopic (exact) mass is 295 g/mol. The van der Waals surface area contributed by atoms with Crippen LogP contribution in [0, 0.1) is 0 Å². The number of ether oxygens (including phenoxy) is 1. The number of hydrogen-bond donors (Lipinski definition) is 1. The Hall–Kier alpha value is -1.20. The van der Waals surface area contributed by atoms with E-state index in [1.165, 1.54) is 4.90 Å². The fourth-order valence-electron chi connectivity index (χ4n) is 2.30. The molecule has 1 N–H and O–H groups in total. The summed E-state index contributed by atoms with van der Waals surface area (Å²) in [6.07, 6.45) is 0. The molecule has 2 atom stereocenters. The van der Waals surface area contributed by atoms with Gasteiger partial charge in [-0.15, -0.1) is 11.8 Å². The Kier molecular flexibility index (Phi) is 4.94. The maximum atomic E-state index is 12.3. The lowest BCUT2D eigenvalue weighted by Gasteiger charge is -2.24. The van der Waals surface area contributed by atoms with Gasteiger partial charge < -0.3 is 14.5 Å². The molecular formula is C15H23N2O2S+. The fourth-order valence-corrected chi connectivity index (χ4v) is 3.60. The molecule has 20 heavy (non-hydrogen) atoms. The van der Waals surface area contributed by atoms with Gasteiger partial charge in [-0.25, -0.2) is 0 Å². The highest BCUT2D eigenvalue weighted by Crippen LogP contribution is 2.43. The molecule has 110 valence electrons. The van der Waals surface area contributed by atoms with Gasteiger partial charge in [-0.1, -0.05) is 12.1 Å². The molecule has 1 aliphatic rings. The largest absolute Gasteiger partial charge is 0.497 e. The fraction of sp³-hybridized carbons (Fsp3) is 0.533. The molecule has 0 spiro atoms. The van der Waals surface area contributed by atoms with Crippen LogP contribution < -0.4 is 9.64 Å². The van der Waals surface area contributed by atoms with E-state index in [1.54, 1.807) is 18.9 Å². The van der Waals surface area contributed by atoms with Gasteiger partial charge in [0.05, 0.1) is 39.5 Å². The molecule has 1 heterocycles. The maximum absolute atomic E-state index is 12.3. The van der Waals surface area contributed by atoms with Crippen molar-refractivity contribution in [2.24, 2.45) is 0 Å². The molecule has 0 aromatic heterocycles. The van der Waals surface area contributed by atoms with Gasteiger partial charge in [0.1, 0.15) is 11.1 Å². The first-order valence-electron chi connectivity index (χ1n) is 6.92. The lowest BCUT2D eigenvalue weighted by atomic mass is 10.2. The molecule has 1 fully saturated rings. The number of likely N-dealkylation sites (N-methyl/N-ethyl adjacent to an activating group) is 1. The van der Waals surface area contributed by atoms with Crippen molar-refractivity contribution in [2.75, 3.05) is 34.3 Å². The van der Waals surface area contributed by atoms with Crippen LogP contribution in [0.3, 0.4) is 0 Å². The normalized spacial score (nSPS) is 22.6. The van der Waals surface area contributed by atoms with Gasteiger partial charge in [0.2, 0.25) is 5.91 Å². The summed E-state index contributed by atoms with van der Waals surface area (Å²) in [7, 11) is 5.89. The number of carbonyl (C=O) groups is 1. The second kappa shape index (κ2) is 6.50. The second-order valence-electron chi connectivity index (χ2n) is 5.40. The van der Waals surface area contributed by atoms with Crippen molar-refractivity contribution in [3.63, 3.8) is 0 Å². The Morgan fingerprint density at radius 2 is 2.15 bits per heavy atom. The Morgan fingerprint density at radius 3 is 2.80 bits per heavy atom. The van der Waals surface area contributed by atoms with Crippen LogP contribution >= 0.6 is 11.8 Å². The first-order chi connectivity index (χ1) is 9.52. The Morgan fingerprint density at radius 1 is 1.40 bits per heavy atom. The van der Waals surface area contributed by atoms with Crippen LogP contribution in [0.4, 0.5) is 0 Å². The molecule has 1 aromatic rings. The van der Waals surface area contributed by atoms with E-state index in [2.05, 4.69) is 20.2 Å². The number of nitrogens with zero attached hydrogens (tertiary/aromatic N) is 1. The average molecular weight is 295 g/mol. The number of hydrogen-bond acceptors (Lipinski definition) is 3. The van der Waals surface area contributed by atoms with E-state index in [0.29, 0.717) is 0 Å². The van der Waals surface area contributed by atoms with Crippen molar-refractivity contribution in [2.45, 2.75) is 17.5 Å². The second-order valence-corrected chi connectivity index (χ2v) is 6.82. The SMILES string of the molecule is COc1cccc([C@@H]2S[C@@H](C)C(=O)N2CC[NH+](C)C)c1. The molecule has 1 saturated heterocycles. The highest BCUT2D eigenvalue weighted by Gasteiger charge is 2.38. The van der Waals surface area contributed by atoms with Gasteiger partial charge in [0.15, 0.2) is 0 Å². The highest BCUT2D eigenvalue weighted by atomic mass is 32.2. The summed E-state index contributed by atoms with van der Waals surface area (Å²) in [6, 6.07) is 8.01. The van der Waals surface area contributed by atoms with Crippen molar-refractivity contribution in [1.29, 1.82) is 0 Å². The van der Waals surface area contributed by atoms with Crippen LogP contribution in [-0.4, -0.2) is 50.4 Å². The standard InChI is InChI=1S/C15H22N2O2S/c1-11-14(18)17(9-8-16(2)3)15(20-11)12-6-5-7-13(10-12)19-4/h5-7,10-11,15H,8-9H2,1-4H3/p+1/t11-,15-/m0/s1. The third-order valence-corrected chi connectivity index (χ3v) is 4.87. The zero-order chi connectivity index (χ0) is 14.7. The molecule has 5 heteroatoms. The van der Waals surface area contributed by atoms with Crippen molar-refractivity contribution >= 4 is 17.7 Å². The Labute approximate surface area is 125 Å². The number of nitrogens with one attached hydrogen (secondary N) is 1. The lowest BCUT2D eigenvalue weighted by molar-refractivity contribution is -0.857. The smallest absolute Gasteiger partial charge is 0.236 e. The van der Waals surface area contributed by atoms with Crippen LogP contribution in [-0.2, 0) is 4.79 Å². The average Bonchev–Trinajstić information content (AvgIpc) is 2.72. The highest BCUT2D eigenvalue weighted by molar-refractivity contribution is 8.01. The van der Waals surface area contributed by atoms with E-state index in [4.69, 9.17) is 4.74 Å². The van der Waals surface area contributed by atoms with Gasteiger partial charge in [0.25, 0.3) is 0 Å². The maximum Gasteiger partial charge on any atom is 0.236 e. The van der Waals surface area contributed by atoms with E-state index in [9.17, 15) is 4.79 Å². The summed E-state index contributed by atoms with van der Waals surface area (Å²) >= 11 is 1.72. The van der Waals surface area contributed by atoms with Crippen molar-refractivity contribution in [3.8, 4) is 5.75 Å². The van der Waals surface area contributed by atoms with Crippen molar-refractivity contribution in [1.82, 2.24) is 4.90 Å². The number of rotatable bonds is 5. The van der Waals surface area contributed by atoms with Gasteiger partial charge in [-0.3, -0.25) is 4.79 Å². The summed E-state index contributed by atoms with van der Waals surface area (Å²) in [5, 5.41) is 0.135. The molecule has 0 bridgehead atoms. The first kappa shape index (κ1) is 15.2. The van der Waals surface area contributed by atoms with Gasteiger partial charge >= 0.3 is 0 Å². The van der Waals surface area contributed by atoms with E-state index in [1.807, 2.05) is 30.0 Å². The van der Waals surface area contributed by atoms with E-state index in [-0.39, 0.29) is 16.5 Å². The number of carbonyl (C=O) groups excluding carboxylic acids is 1. The minimum absolute atomic E-state index is 0.0309. The van der Waals surface area contributed by atoms with Crippen LogP contribution in [0.1, 0.15) is 17.9 Å². The molecule has 0 saturated carbocycles. The quantitative estimate of drug-likeness (QED) is 0.872. The van der Waals surface area contributed by atoms with Gasteiger partial charge in [-0.2, -0.15) is 0 Å². The van der Waals surface area contributed by atoms with E-state index >= 15 is 0 Å². The molecule has 2 rings (SSSR count). The van der Waals surface area contributed by atoms with E-state index in [0.717, 1.165) is 24.4 Å². The molecule has 1 aliphatic heterocycles. The Bertz CT molecular complexity index is 479. The van der Waals surface area contributed by atoms with Crippen LogP contribution in [0.25, 0.3) is 0 Å². The third-order valence-electron chi connectivity index (χ3n) is 3.48. The lowest BCUT2D eigenvalue weighted by Crippen LogP contribution is -3.06. The van der Waals surface area contributed by atoms with Crippen LogP contribution in [0.2, 0.25) is 0 Å². The number of amides is 1. The number of thioether (sulfide) groups is 1. The van der Waals surface area contributed by atoms with Crippen LogP contribution in [0.15, 0.2) is 24.3 Å². The molecule has 0 unspecified atom stereocenters. The molecule has 4 nitrogen and oxygen atoms in total. The van der Waals surface area contributed by atoms with Gasteiger partial charge in [-0.05, 0) is 24.6 Å². The Balaban J connectivity index is 2.20. The summed E-state index contributed by atoms with van der Waals surface area (Å²) in [5.41, 5.74) is 1.14. The predicted octanol–water partition coefficient (Wildman–Crippen LogP) is 0.802. The van der Waals surface area contributed by atoms with Gasteiger partial charge in [0, 0.05) is 0 Å². The summed E-state index contributed by atoms with van der Waals surface area (Å²) in [6.45, 7) is 3.74. The number of quaternary nitrogens is 1. The molecule has 0 radical (unpaired) electrons. The van der Waals surface area contributed by atoms with Crippen LogP contribution in [0.5, 0.6) is 5.75 Å². The first-order valence-corrected chi connectivity index (χ1v) is 7.86. The zero-order valence-corrected chi connectivity index (χ0v) is 13.4. The third kappa shape index (κ3) is 3.27. The molecule has 0 aliphatic carbocycles. The summed E-state index contributed by atoms with van der Waals surface area (Å²) < 4.78 is 5.28. The summed E-state index contributed by atoms with van der Waals surface area (Å²) in [5.74, 6) is 1.08. The molecule has 1 aromatic carbocycles. The topological polar surface area (TPSA) is 34.0 Å². The molecule has 1 amide bonds. The predicted molar refractivity (Wildman–Crippen MR) is 82.2 cm³/mol. The molecular weight excluding hydrogens is 272 g/mol. The minimum atomic E-state index is 0.0309. The summed E-state index contributed by atoms with van der Waals surface area (Å²) in [4.78, 5) is 15.7. The number of benzene rings is 1. The van der Waals surface area contributed by atoms with Crippen molar-refractivity contribution < 1.29 is 14.4 Å².